The van der Waals surface area contributed by atoms with E-state index in [1.165, 1.54) is 24.3 Å². The molecule has 1 heterocycles. The van der Waals surface area contributed by atoms with Gasteiger partial charge in [0.25, 0.3) is 5.91 Å². The van der Waals surface area contributed by atoms with Gasteiger partial charge in [0, 0.05) is 18.2 Å². The van der Waals surface area contributed by atoms with Crippen LogP contribution in [-0.2, 0) is 9.84 Å². The van der Waals surface area contributed by atoms with Crippen molar-refractivity contribution in [3.63, 3.8) is 0 Å². The van der Waals surface area contributed by atoms with Crippen LogP contribution in [0.5, 0.6) is 0 Å². The molecule has 0 radical (unpaired) electrons. The minimum Gasteiger partial charge on any atom is -0.335 e. The minimum atomic E-state index is -3.04. The predicted octanol–water partition coefficient (Wildman–Crippen LogP) is 2.26. The first-order valence-electron chi connectivity index (χ1n) is 7.20. The Morgan fingerprint density at radius 1 is 1.33 bits per heavy atom. The fraction of sp³-hybridized carbons (Fsp3) is 0.533. The van der Waals surface area contributed by atoms with Gasteiger partial charge in [-0.15, -0.1) is 0 Å². The lowest BCUT2D eigenvalue weighted by atomic mass is 10.1. The number of nitrogens with zero attached hydrogens (tertiary/aromatic N) is 1. The van der Waals surface area contributed by atoms with Crippen molar-refractivity contribution in [3.8, 4) is 0 Å². The van der Waals surface area contributed by atoms with Gasteiger partial charge in [-0.2, -0.15) is 0 Å². The van der Waals surface area contributed by atoms with E-state index in [-0.39, 0.29) is 23.5 Å². The highest BCUT2D eigenvalue weighted by Crippen LogP contribution is 2.21. The van der Waals surface area contributed by atoms with Crippen LogP contribution < -0.4 is 0 Å². The molecule has 0 aromatic heterocycles. The van der Waals surface area contributed by atoms with Gasteiger partial charge in [0.15, 0.2) is 9.84 Å². The average Bonchev–Trinajstić information content (AvgIpc) is 2.80. The van der Waals surface area contributed by atoms with Gasteiger partial charge >= 0.3 is 0 Å². The molecule has 1 fully saturated rings. The third-order valence-electron chi connectivity index (χ3n) is 3.75. The molecular formula is C15H20FNO3S. The van der Waals surface area contributed by atoms with Crippen molar-refractivity contribution < 1.29 is 17.6 Å². The van der Waals surface area contributed by atoms with Gasteiger partial charge in [-0.25, -0.2) is 12.8 Å². The molecule has 1 saturated heterocycles. The normalized spacial score (nSPS) is 20.4. The van der Waals surface area contributed by atoms with Gasteiger partial charge in [0.05, 0.1) is 11.5 Å². The van der Waals surface area contributed by atoms with E-state index in [1.54, 1.807) is 4.90 Å². The van der Waals surface area contributed by atoms with Crippen LogP contribution in [0.2, 0.25) is 0 Å². The van der Waals surface area contributed by atoms with Crippen LogP contribution in [0, 0.1) is 5.82 Å². The average molecular weight is 313 g/mol. The van der Waals surface area contributed by atoms with E-state index in [9.17, 15) is 17.6 Å². The number of halogens is 1. The summed E-state index contributed by atoms with van der Waals surface area (Å²) in [6.45, 7) is 2.55. The Hall–Kier alpha value is -1.43. The summed E-state index contributed by atoms with van der Waals surface area (Å²) >= 11 is 0. The smallest absolute Gasteiger partial charge is 0.254 e. The first kappa shape index (κ1) is 15.9. The summed E-state index contributed by atoms with van der Waals surface area (Å²) in [5.74, 6) is -0.443. The van der Waals surface area contributed by atoms with Crippen LogP contribution in [0.3, 0.4) is 0 Å². The predicted molar refractivity (Wildman–Crippen MR) is 79.4 cm³/mol. The number of amides is 1. The fourth-order valence-corrected chi connectivity index (χ4v) is 4.29. The van der Waals surface area contributed by atoms with E-state index in [0.29, 0.717) is 18.5 Å². The topological polar surface area (TPSA) is 54.5 Å². The number of carbonyl (C=O) groups is 1. The number of carbonyl (C=O) groups excluding carboxylic acids is 1. The van der Waals surface area contributed by atoms with E-state index in [2.05, 4.69) is 0 Å². The molecule has 0 spiro atoms. The summed E-state index contributed by atoms with van der Waals surface area (Å²) in [7, 11) is -3.04. The van der Waals surface area contributed by atoms with E-state index in [1.807, 2.05) is 6.92 Å². The van der Waals surface area contributed by atoms with Crippen LogP contribution in [0.25, 0.3) is 0 Å². The third kappa shape index (κ3) is 4.03. The van der Waals surface area contributed by atoms with Crippen LogP contribution >= 0.6 is 0 Å². The lowest BCUT2D eigenvalue weighted by Gasteiger charge is -2.28. The maximum atomic E-state index is 13.0. The van der Waals surface area contributed by atoms with Gasteiger partial charge in [-0.05, 0) is 37.1 Å². The van der Waals surface area contributed by atoms with Crippen molar-refractivity contribution in [1.82, 2.24) is 4.90 Å². The molecule has 0 aliphatic carbocycles. The van der Waals surface area contributed by atoms with E-state index in [0.717, 1.165) is 12.8 Å². The SMILES string of the molecule is CCCCN(C(=O)c1ccc(F)cc1)[C@@H]1CCS(=O)(=O)C1. The highest BCUT2D eigenvalue weighted by Gasteiger charge is 2.34. The molecule has 6 heteroatoms. The van der Waals surface area contributed by atoms with Crippen molar-refractivity contribution in [3.05, 3.63) is 35.6 Å². The van der Waals surface area contributed by atoms with Crippen molar-refractivity contribution in [1.29, 1.82) is 0 Å². The Balaban J connectivity index is 2.19. The quantitative estimate of drug-likeness (QED) is 0.838. The molecule has 0 saturated carbocycles. The summed E-state index contributed by atoms with van der Waals surface area (Å²) < 4.78 is 36.2. The summed E-state index contributed by atoms with van der Waals surface area (Å²) in [5, 5.41) is 0. The number of sulfone groups is 1. The van der Waals surface area contributed by atoms with Crippen molar-refractivity contribution >= 4 is 15.7 Å². The Kier molecular flexibility index (Phi) is 4.98. The Morgan fingerprint density at radius 2 is 2.00 bits per heavy atom. The molecule has 116 valence electrons. The second kappa shape index (κ2) is 6.56. The lowest BCUT2D eigenvalue weighted by molar-refractivity contribution is 0.0694. The van der Waals surface area contributed by atoms with Crippen molar-refractivity contribution in [2.75, 3.05) is 18.1 Å². The molecule has 4 nitrogen and oxygen atoms in total. The number of benzene rings is 1. The molecule has 0 bridgehead atoms. The first-order valence-corrected chi connectivity index (χ1v) is 9.02. The second-order valence-corrected chi connectivity index (χ2v) is 7.64. The van der Waals surface area contributed by atoms with Crippen LogP contribution in [-0.4, -0.2) is 43.3 Å². The molecule has 2 rings (SSSR count). The van der Waals surface area contributed by atoms with Crippen LogP contribution in [0.1, 0.15) is 36.5 Å². The van der Waals surface area contributed by atoms with Gasteiger partial charge in [-0.1, -0.05) is 13.3 Å². The van der Waals surface area contributed by atoms with Crippen LogP contribution in [0.15, 0.2) is 24.3 Å². The molecular weight excluding hydrogens is 293 g/mol. The summed E-state index contributed by atoms with van der Waals surface area (Å²) in [6.07, 6.45) is 2.23. The monoisotopic (exact) mass is 313 g/mol. The molecule has 1 aromatic carbocycles. The Morgan fingerprint density at radius 3 is 2.52 bits per heavy atom. The fourth-order valence-electron chi connectivity index (χ4n) is 2.56. The molecule has 1 aliphatic rings. The van der Waals surface area contributed by atoms with Gasteiger partial charge in [0.1, 0.15) is 5.82 Å². The highest BCUT2D eigenvalue weighted by molar-refractivity contribution is 7.91. The van der Waals surface area contributed by atoms with E-state index in [4.69, 9.17) is 0 Å². The van der Waals surface area contributed by atoms with Gasteiger partial charge in [0.2, 0.25) is 0 Å². The Bertz CT molecular complexity index is 598. The lowest BCUT2D eigenvalue weighted by Crippen LogP contribution is -2.41. The van der Waals surface area contributed by atoms with Gasteiger partial charge in [-0.3, -0.25) is 4.79 Å². The number of rotatable bonds is 5. The third-order valence-corrected chi connectivity index (χ3v) is 5.50. The van der Waals surface area contributed by atoms with E-state index < -0.39 is 15.7 Å². The van der Waals surface area contributed by atoms with Crippen LogP contribution in [0.4, 0.5) is 4.39 Å². The van der Waals surface area contributed by atoms with Crippen molar-refractivity contribution in [2.24, 2.45) is 0 Å². The zero-order valence-electron chi connectivity index (χ0n) is 12.1. The number of hydrogen-bond donors (Lipinski definition) is 0. The molecule has 0 N–H and O–H groups in total. The Labute approximate surface area is 124 Å². The van der Waals surface area contributed by atoms with Crippen molar-refractivity contribution in [2.45, 2.75) is 32.2 Å². The second-order valence-electron chi connectivity index (χ2n) is 5.42. The van der Waals surface area contributed by atoms with E-state index >= 15 is 0 Å². The standard InChI is InChI=1S/C15H20FNO3S/c1-2-3-9-17(14-8-10-21(19,20)11-14)15(18)12-4-6-13(16)7-5-12/h4-7,14H,2-3,8-11H2,1H3/t14-/m1/s1. The molecule has 1 aliphatic heterocycles. The number of unbranched alkanes of at least 4 members (excludes halogenated alkanes) is 1. The maximum Gasteiger partial charge on any atom is 0.254 e. The zero-order chi connectivity index (χ0) is 15.5. The molecule has 0 unspecified atom stereocenters. The van der Waals surface area contributed by atoms with Gasteiger partial charge < -0.3 is 4.90 Å². The zero-order valence-corrected chi connectivity index (χ0v) is 12.9. The molecule has 1 amide bonds. The number of hydrogen-bond acceptors (Lipinski definition) is 3. The maximum absolute atomic E-state index is 13.0. The molecule has 1 atom stereocenters. The summed E-state index contributed by atoms with van der Waals surface area (Å²) in [4.78, 5) is 14.2. The largest absolute Gasteiger partial charge is 0.335 e. The minimum absolute atomic E-state index is 0.0314. The molecule has 1 aromatic rings. The molecule has 21 heavy (non-hydrogen) atoms. The highest BCUT2D eigenvalue weighted by atomic mass is 32.2. The summed E-state index contributed by atoms with van der Waals surface area (Å²) in [5.41, 5.74) is 0.400. The summed E-state index contributed by atoms with van der Waals surface area (Å²) in [6, 6.07) is 5.12. The first-order chi connectivity index (χ1) is 9.93.